The summed E-state index contributed by atoms with van der Waals surface area (Å²) >= 11 is 0. The highest BCUT2D eigenvalue weighted by Crippen LogP contribution is 2.27. The molecule has 1 N–H and O–H groups in total. The van der Waals surface area contributed by atoms with E-state index in [9.17, 15) is 4.79 Å². The fourth-order valence-corrected chi connectivity index (χ4v) is 3.53. The normalized spacial score (nSPS) is 16.0. The molecule has 2 aromatic heterocycles. The van der Waals surface area contributed by atoms with E-state index in [1.54, 1.807) is 31.6 Å². The van der Waals surface area contributed by atoms with Crippen LogP contribution in [-0.2, 0) is 6.42 Å². The van der Waals surface area contributed by atoms with Crippen LogP contribution < -0.4 is 9.47 Å². The number of H-pyrrole nitrogens is 1. The van der Waals surface area contributed by atoms with E-state index in [4.69, 9.17) is 9.47 Å². The van der Waals surface area contributed by atoms with Gasteiger partial charge in [-0.05, 0) is 48.9 Å². The second-order valence-corrected chi connectivity index (χ2v) is 7.06. The molecular formula is C22H24N4O3. The number of amides is 1. The SMILES string of the molecule is COc1ccc(OCCc2cc(C3CCN(C(=O)c4ccncc4)C3)n[nH]2)cc1. The van der Waals surface area contributed by atoms with Crippen LogP contribution in [-0.4, -0.2) is 52.8 Å². The van der Waals surface area contributed by atoms with Crippen LogP contribution >= 0.6 is 0 Å². The van der Waals surface area contributed by atoms with Crippen molar-refractivity contribution in [2.45, 2.75) is 18.8 Å². The van der Waals surface area contributed by atoms with Crippen LogP contribution in [0.4, 0.5) is 0 Å². The molecule has 1 unspecified atom stereocenters. The number of hydrogen-bond donors (Lipinski definition) is 1. The molecule has 0 bridgehead atoms. The lowest BCUT2D eigenvalue weighted by atomic mass is 10.0. The molecule has 150 valence electrons. The summed E-state index contributed by atoms with van der Waals surface area (Å²) < 4.78 is 10.9. The van der Waals surface area contributed by atoms with Gasteiger partial charge in [0.15, 0.2) is 0 Å². The fraction of sp³-hybridized carbons (Fsp3) is 0.318. The van der Waals surface area contributed by atoms with Gasteiger partial charge in [-0.1, -0.05) is 0 Å². The second-order valence-electron chi connectivity index (χ2n) is 7.06. The Hall–Kier alpha value is -3.35. The molecular weight excluding hydrogens is 368 g/mol. The summed E-state index contributed by atoms with van der Waals surface area (Å²) in [5, 5.41) is 7.57. The molecule has 4 rings (SSSR count). The van der Waals surface area contributed by atoms with Crippen LogP contribution in [0.3, 0.4) is 0 Å². The monoisotopic (exact) mass is 392 g/mol. The molecule has 0 saturated carbocycles. The van der Waals surface area contributed by atoms with Gasteiger partial charge < -0.3 is 14.4 Å². The number of likely N-dealkylation sites (tertiary alicyclic amines) is 1. The molecule has 0 spiro atoms. The lowest BCUT2D eigenvalue weighted by molar-refractivity contribution is 0.0790. The molecule has 1 aliphatic heterocycles. The van der Waals surface area contributed by atoms with E-state index in [2.05, 4.69) is 21.2 Å². The van der Waals surface area contributed by atoms with E-state index in [0.29, 0.717) is 18.7 Å². The van der Waals surface area contributed by atoms with E-state index in [0.717, 1.165) is 42.3 Å². The highest BCUT2D eigenvalue weighted by molar-refractivity contribution is 5.94. The Morgan fingerprint density at radius 1 is 1.17 bits per heavy atom. The Labute approximate surface area is 169 Å². The third kappa shape index (κ3) is 4.56. The molecule has 1 saturated heterocycles. The van der Waals surface area contributed by atoms with E-state index in [-0.39, 0.29) is 11.8 Å². The number of ether oxygens (including phenoxy) is 2. The first kappa shape index (κ1) is 19.0. The molecule has 3 heterocycles. The Balaban J connectivity index is 1.28. The number of nitrogens with one attached hydrogen (secondary N) is 1. The van der Waals surface area contributed by atoms with Crippen LogP contribution in [0.5, 0.6) is 11.5 Å². The summed E-state index contributed by atoms with van der Waals surface area (Å²) in [6.07, 6.45) is 4.96. The largest absolute Gasteiger partial charge is 0.497 e. The summed E-state index contributed by atoms with van der Waals surface area (Å²) in [5.41, 5.74) is 2.72. The topological polar surface area (TPSA) is 80.3 Å². The number of carbonyl (C=O) groups excluding carboxylic acids is 1. The molecule has 1 fully saturated rings. The predicted octanol–water partition coefficient (Wildman–Crippen LogP) is 3.06. The van der Waals surface area contributed by atoms with Crippen molar-refractivity contribution in [1.29, 1.82) is 0 Å². The van der Waals surface area contributed by atoms with Gasteiger partial charge in [-0.15, -0.1) is 0 Å². The van der Waals surface area contributed by atoms with E-state index < -0.39 is 0 Å². The molecule has 0 radical (unpaired) electrons. The van der Waals surface area contributed by atoms with Gasteiger partial charge in [0.2, 0.25) is 0 Å². The molecule has 7 nitrogen and oxygen atoms in total. The molecule has 29 heavy (non-hydrogen) atoms. The lowest BCUT2D eigenvalue weighted by Gasteiger charge is -2.15. The zero-order valence-corrected chi connectivity index (χ0v) is 16.4. The highest BCUT2D eigenvalue weighted by Gasteiger charge is 2.29. The van der Waals surface area contributed by atoms with Crippen molar-refractivity contribution in [2.24, 2.45) is 0 Å². The number of benzene rings is 1. The van der Waals surface area contributed by atoms with Crippen LogP contribution in [0.1, 0.15) is 34.1 Å². The standard InChI is InChI=1S/C22H24N4O3/c1-28-19-2-4-20(5-3-19)29-13-9-18-14-21(25-24-18)17-8-12-26(15-17)22(27)16-6-10-23-11-7-16/h2-7,10-11,14,17H,8-9,12-13,15H2,1H3,(H,24,25). The van der Waals surface area contributed by atoms with Crippen molar-refractivity contribution in [3.63, 3.8) is 0 Å². The Bertz CT molecular complexity index is 940. The third-order valence-electron chi connectivity index (χ3n) is 5.17. The predicted molar refractivity (Wildman–Crippen MR) is 108 cm³/mol. The van der Waals surface area contributed by atoms with Crippen LogP contribution in [0.15, 0.2) is 54.9 Å². The number of aromatic nitrogens is 3. The van der Waals surface area contributed by atoms with Crippen molar-refractivity contribution in [2.75, 3.05) is 26.8 Å². The highest BCUT2D eigenvalue weighted by atomic mass is 16.5. The van der Waals surface area contributed by atoms with Crippen LogP contribution in [0.2, 0.25) is 0 Å². The maximum absolute atomic E-state index is 12.6. The van der Waals surface area contributed by atoms with Crippen molar-refractivity contribution in [1.82, 2.24) is 20.1 Å². The molecule has 1 amide bonds. The smallest absolute Gasteiger partial charge is 0.253 e. The number of methoxy groups -OCH3 is 1. The first-order valence-electron chi connectivity index (χ1n) is 9.73. The maximum Gasteiger partial charge on any atom is 0.253 e. The average molecular weight is 392 g/mol. The molecule has 1 aliphatic rings. The summed E-state index contributed by atoms with van der Waals surface area (Å²) in [7, 11) is 1.64. The van der Waals surface area contributed by atoms with Gasteiger partial charge in [-0.3, -0.25) is 14.9 Å². The van der Waals surface area contributed by atoms with E-state index in [1.165, 1.54) is 0 Å². The van der Waals surface area contributed by atoms with Gasteiger partial charge in [0.05, 0.1) is 19.4 Å². The van der Waals surface area contributed by atoms with Crippen molar-refractivity contribution < 1.29 is 14.3 Å². The summed E-state index contributed by atoms with van der Waals surface area (Å²) in [5.74, 6) is 1.93. The lowest BCUT2D eigenvalue weighted by Crippen LogP contribution is -2.28. The first-order valence-corrected chi connectivity index (χ1v) is 9.73. The van der Waals surface area contributed by atoms with Crippen molar-refractivity contribution in [3.05, 3.63) is 71.8 Å². The van der Waals surface area contributed by atoms with Gasteiger partial charge in [0.25, 0.3) is 5.91 Å². The Kier molecular flexibility index (Phi) is 5.74. The maximum atomic E-state index is 12.6. The van der Waals surface area contributed by atoms with Gasteiger partial charge >= 0.3 is 0 Å². The first-order chi connectivity index (χ1) is 14.2. The van der Waals surface area contributed by atoms with Crippen LogP contribution in [0, 0.1) is 0 Å². The Morgan fingerprint density at radius 3 is 2.69 bits per heavy atom. The number of aromatic amines is 1. The zero-order chi connectivity index (χ0) is 20.1. The minimum absolute atomic E-state index is 0.0542. The third-order valence-corrected chi connectivity index (χ3v) is 5.17. The van der Waals surface area contributed by atoms with Gasteiger partial charge in [0.1, 0.15) is 11.5 Å². The van der Waals surface area contributed by atoms with Crippen LogP contribution in [0.25, 0.3) is 0 Å². The molecule has 1 aromatic carbocycles. The second kappa shape index (κ2) is 8.77. The van der Waals surface area contributed by atoms with Gasteiger partial charge in [0, 0.05) is 49.1 Å². The molecule has 1 atom stereocenters. The number of carbonyl (C=O) groups is 1. The zero-order valence-electron chi connectivity index (χ0n) is 16.4. The number of rotatable bonds is 7. The molecule has 3 aromatic rings. The summed E-state index contributed by atoms with van der Waals surface area (Å²) in [6.45, 7) is 1.99. The molecule has 0 aliphatic carbocycles. The summed E-state index contributed by atoms with van der Waals surface area (Å²) in [6, 6.07) is 13.1. The van der Waals surface area contributed by atoms with Crippen molar-refractivity contribution >= 4 is 5.91 Å². The average Bonchev–Trinajstić information content (AvgIpc) is 3.44. The minimum Gasteiger partial charge on any atom is -0.497 e. The quantitative estimate of drug-likeness (QED) is 0.668. The Morgan fingerprint density at radius 2 is 1.93 bits per heavy atom. The number of nitrogens with zero attached hydrogens (tertiary/aromatic N) is 3. The molecule has 7 heteroatoms. The number of pyridine rings is 1. The minimum atomic E-state index is 0.0542. The van der Waals surface area contributed by atoms with Gasteiger partial charge in [-0.2, -0.15) is 5.10 Å². The van der Waals surface area contributed by atoms with Crippen molar-refractivity contribution in [3.8, 4) is 11.5 Å². The fourth-order valence-electron chi connectivity index (χ4n) is 3.53. The summed E-state index contributed by atoms with van der Waals surface area (Å²) in [4.78, 5) is 18.5. The van der Waals surface area contributed by atoms with Gasteiger partial charge in [-0.25, -0.2) is 0 Å². The van der Waals surface area contributed by atoms with E-state index >= 15 is 0 Å². The number of hydrogen-bond acceptors (Lipinski definition) is 5. The van der Waals surface area contributed by atoms with E-state index in [1.807, 2.05) is 29.2 Å².